The van der Waals surface area contributed by atoms with Gasteiger partial charge in [0.15, 0.2) is 11.5 Å². The van der Waals surface area contributed by atoms with Crippen LogP contribution in [-0.2, 0) is 9.59 Å². The van der Waals surface area contributed by atoms with Crippen LogP contribution in [-0.4, -0.2) is 17.0 Å². The average molecular weight is 236 g/mol. The Morgan fingerprint density at radius 2 is 2.06 bits per heavy atom. The Morgan fingerprint density at radius 3 is 2.71 bits per heavy atom. The summed E-state index contributed by atoms with van der Waals surface area (Å²) in [5.41, 5.74) is 0. The monoisotopic (exact) mass is 236 g/mol. The highest BCUT2D eigenvalue weighted by atomic mass is 16.6. The lowest BCUT2D eigenvalue weighted by Gasteiger charge is -2.16. The van der Waals surface area contributed by atoms with Gasteiger partial charge >= 0.3 is 11.9 Å². The number of hydrogen-bond acceptors (Lipinski definition) is 5. The molecule has 1 N–H and O–H groups in total. The second-order valence-electron chi connectivity index (χ2n) is 3.21. The van der Waals surface area contributed by atoms with Gasteiger partial charge in [-0.15, -0.1) is 0 Å². The molecule has 1 aromatic rings. The topological polar surface area (TPSA) is 82.1 Å². The summed E-state index contributed by atoms with van der Waals surface area (Å²) in [7, 11) is 0. The number of carboxylic acid groups (broad SMARTS) is 1. The van der Waals surface area contributed by atoms with Crippen molar-refractivity contribution in [3.8, 4) is 17.2 Å². The molecule has 1 aliphatic rings. The minimum atomic E-state index is -1.24. The van der Waals surface area contributed by atoms with Crippen LogP contribution in [0.1, 0.15) is 6.92 Å². The van der Waals surface area contributed by atoms with E-state index in [9.17, 15) is 9.59 Å². The van der Waals surface area contributed by atoms with Crippen molar-refractivity contribution in [2.75, 3.05) is 0 Å². The summed E-state index contributed by atoms with van der Waals surface area (Å²) >= 11 is 0. The van der Waals surface area contributed by atoms with Crippen LogP contribution in [0.3, 0.4) is 0 Å². The van der Waals surface area contributed by atoms with Crippen molar-refractivity contribution in [3.63, 3.8) is 0 Å². The molecule has 0 aliphatic carbocycles. The number of ether oxygens (including phenoxy) is 3. The molecule has 1 aromatic carbocycles. The molecule has 2 rings (SSSR count). The summed E-state index contributed by atoms with van der Waals surface area (Å²) in [6, 6.07) is 4.42. The maximum Gasteiger partial charge on any atom is 0.375 e. The summed E-state index contributed by atoms with van der Waals surface area (Å²) in [5.74, 6) is -1.26. The third kappa shape index (κ3) is 2.36. The highest BCUT2D eigenvalue weighted by Gasteiger charge is 2.20. The van der Waals surface area contributed by atoms with E-state index in [1.165, 1.54) is 25.1 Å². The second kappa shape index (κ2) is 4.17. The van der Waals surface area contributed by atoms with Gasteiger partial charge < -0.3 is 19.3 Å². The molecule has 17 heavy (non-hydrogen) atoms. The summed E-state index contributed by atoms with van der Waals surface area (Å²) < 4.78 is 14.9. The average Bonchev–Trinajstić information content (AvgIpc) is 2.27. The van der Waals surface area contributed by atoms with E-state index < -0.39 is 11.9 Å². The highest BCUT2D eigenvalue weighted by Crippen LogP contribution is 2.35. The lowest BCUT2D eigenvalue weighted by Crippen LogP contribution is -2.13. The van der Waals surface area contributed by atoms with Gasteiger partial charge in [-0.25, -0.2) is 4.79 Å². The normalized spacial score (nSPS) is 12.6. The quantitative estimate of drug-likeness (QED) is 0.615. The van der Waals surface area contributed by atoms with Crippen molar-refractivity contribution in [2.45, 2.75) is 6.92 Å². The first-order valence-corrected chi connectivity index (χ1v) is 4.66. The number of carbonyl (C=O) groups is 2. The zero-order chi connectivity index (χ0) is 12.4. The summed E-state index contributed by atoms with van der Waals surface area (Å²) in [5, 5.41) is 8.72. The summed E-state index contributed by atoms with van der Waals surface area (Å²) in [4.78, 5) is 21.4. The Labute approximate surface area is 96.0 Å². The molecule has 0 spiro atoms. The fraction of sp³-hybridized carbons (Fsp3) is 0.0909. The second-order valence-corrected chi connectivity index (χ2v) is 3.21. The number of carboxylic acids is 1. The molecule has 0 unspecified atom stereocenters. The van der Waals surface area contributed by atoms with E-state index in [1.54, 1.807) is 0 Å². The first kappa shape index (κ1) is 11.0. The van der Waals surface area contributed by atoms with Gasteiger partial charge in [-0.3, -0.25) is 4.79 Å². The Balaban J connectivity index is 2.26. The zero-order valence-electron chi connectivity index (χ0n) is 8.80. The molecule has 0 fully saturated rings. The van der Waals surface area contributed by atoms with Crippen molar-refractivity contribution in [2.24, 2.45) is 0 Å². The first-order chi connectivity index (χ1) is 8.06. The van der Waals surface area contributed by atoms with Gasteiger partial charge in [-0.2, -0.15) is 0 Å². The Bertz CT molecular complexity index is 517. The van der Waals surface area contributed by atoms with E-state index in [0.29, 0.717) is 5.75 Å². The molecule has 0 amide bonds. The van der Waals surface area contributed by atoms with Crippen LogP contribution in [0.5, 0.6) is 17.2 Å². The van der Waals surface area contributed by atoms with Crippen LogP contribution in [0.15, 0.2) is 30.2 Å². The van der Waals surface area contributed by atoms with Crippen LogP contribution in [0.4, 0.5) is 0 Å². The van der Waals surface area contributed by atoms with Crippen LogP contribution in [0, 0.1) is 0 Å². The highest BCUT2D eigenvalue weighted by molar-refractivity contribution is 5.85. The van der Waals surface area contributed by atoms with Gasteiger partial charge in [-0.05, 0) is 12.1 Å². The van der Waals surface area contributed by atoms with Gasteiger partial charge in [0, 0.05) is 13.0 Å². The molecule has 6 nitrogen and oxygen atoms in total. The maximum atomic E-state index is 10.8. The molecule has 88 valence electrons. The smallest absolute Gasteiger partial charge is 0.375 e. The third-order valence-electron chi connectivity index (χ3n) is 1.90. The van der Waals surface area contributed by atoms with E-state index >= 15 is 0 Å². The molecule has 0 saturated carbocycles. The van der Waals surface area contributed by atoms with Gasteiger partial charge in [0.05, 0.1) is 0 Å². The predicted octanol–water partition coefficient (Wildman–Crippen LogP) is 1.31. The van der Waals surface area contributed by atoms with Crippen molar-refractivity contribution in [1.82, 2.24) is 0 Å². The van der Waals surface area contributed by atoms with E-state index in [4.69, 9.17) is 19.3 Å². The summed E-state index contributed by atoms with van der Waals surface area (Å²) in [6.45, 7) is 1.26. The minimum Gasteiger partial charge on any atom is -0.475 e. The maximum absolute atomic E-state index is 10.8. The van der Waals surface area contributed by atoms with E-state index in [-0.39, 0.29) is 17.3 Å². The molecule has 0 saturated heterocycles. The van der Waals surface area contributed by atoms with Gasteiger partial charge in [-0.1, -0.05) is 0 Å². The van der Waals surface area contributed by atoms with E-state index in [0.717, 1.165) is 6.26 Å². The van der Waals surface area contributed by atoms with Gasteiger partial charge in [0.25, 0.3) is 0 Å². The molecule has 0 aromatic heterocycles. The minimum absolute atomic E-state index is 0.184. The zero-order valence-corrected chi connectivity index (χ0v) is 8.80. The van der Waals surface area contributed by atoms with Crippen LogP contribution < -0.4 is 14.2 Å². The fourth-order valence-corrected chi connectivity index (χ4v) is 1.25. The fourth-order valence-electron chi connectivity index (χ4n) is 1.25. The number of carbonyl (C=O) groups excluding carboxylic acids is 1. The third-order valence-corrected chi connectivity index (χ3v) is 1.90. The van der Waals surface area contributed by atoms with Crippen molar-refractivity contribution in [3.05, 3.63) is 30.2 Å². The van der Waals surface area contributed by atoms with Gasteiger partial charge in [0.1, 0.15) is 12.0 Å². The van der Waals surface area contributed by atoms with E-state index in [2.05, 4.69) is 0 Å². The molecule has 0 atom stereocenters. The number of esters is 1. The molecular weight excluding hydrogens is 228 g/mol. The van der Waals surface area contributed by atoms with Gasteiger partial charge in [0.2, 0.25) is 5.76 Å². The standard InChI is InChI=1S/C11H8O6/c1-6(12)16-7-2-3-8-9(4-7)17-10(5-15-8)11(13)14/h2-5H,1H3,(H,13,14). The first-order valence-electron chi connectivity index (χ1n) is 4.66. The van der Waals surface area contributed by atoms with Crippen LogP contribution >= 0.6 is 0 Å². The predicted molar refractivity (Wildman–Crippen MR) is 54.7 cm³/mol. The Hall–Kier alpha value is -2.50. The molecule has 0 bridgehead atoms. The number of benzene rings is 1. The number of hydrogen-bond donors (Lipinski definition) is 1. The largest absolute Gasteiger partial charge is 0.475 e. The molecular formula is C11H8O6. The molecule has 6 heteroatoms. The van der Waals surface area contributed by atoms with Crippen molar-refractivity contribution in [1.29, 1.82) is 0 Å². The number of aliphatic carboxylic acids is 1. The Kier molecular flexibility index (Phi) is 2.70. The van der Waals surface area contributed by atoms with Crippen LogP contribution in [0.25, 0.3) is 0 Å². The summed E-state index contributed by atoms with van der Waals surface area (Å²) in [6.07, 6.45) is 0.996. The SMILES string of the molecule is CC(=O)Oc1ccc2c(c1)OC(C(=O)O)=CO2. The number of fused-ring (bicyclic) bond motifs is 1. The molecule has 0 radical (unpaired) electrons. The Morgan fingerprint density at radius 1 is 1.29 bits per heavy atom. The number of rotatable bonds is 2. The lowest BCUT2D eigenvalue weighted by atomic mass is 10.3. The van der Waals surface area contributed by atoms with E-state index in [1.807, 2.05) is 0 Å². The lowest BCUT2D eigenvalue weighted by molar-refractivity contribution is -0.135. The molecule has 1 aliphatic heterocycles. The van der Waals surface area contributed by atoms with Crippen molar-refractivity contribution < 1.29 is 28.9 Å². The van der Waals surface area contributed by atoms with Crippen molar-refractivity contribution >= 4 is 11.9 Å². The molecule has 1 heterocycles. The van der Waals surface area contributed by atoms with Crippen LogP contribution in [0.2, 0.25) is 0 Å².